The molecule has 0 saturated heterocycles. The summed E-state index contributed by atoms with van der Waals surface area (Å²) in [4.78, 5) is 11.9. The van der Waals surface area contributed by atoms with E-state index in [2.05, 4.69) is 29.6 Å². The lowest BCUT2D eigenvalue weighted by molar-refractivity contribution is 0.0956. The number of nitrogens with one attached hydrogen (secondary N) is 1. The fourth-order valence-electron chi connectivity index (χ4n) is 1.89. The van der Waals surface area contributed by atoms with E-state index < -0.39 is 0 Å². The third-order valence-electron chi connectivity index (χ3n) is 2.92. The van der Waals surface area contributed by atoms with Crippen LogP contribution in [0.15, 0.2) is 54.6 Å². The van der Waals surface area contributed by atoms with Gasteiger partial charge in [0.1, 0.15) is 0 Å². The fourth-order valence-corrected chi connectivity index (χ4v) is 2.71. The van der Waals surface area contributed by atoms with Crippen LogP contribution in [0.25, 0.3) is 0 Å². The molecule has 2 aromatic carbocycles. The summed E-state index contributed by atoms with van der Waals surface area (Å²) < 4.78 is 0. The molecule has 1 N–H and O–H groups in total. The van der Waals surface area contributed by atoms with E-state index in [0.717, 1.165) is 22.6 Å². The molecule has 104 valence electrons. The molecule has 2 rings (SSSR count). The summed E-state index contributed by atoms with van der Waals surface area (Å²) in [5.74, 6) is 1.92. The maximum atomic E-state index is 11.9. The highest BCUT2D eigenvalue weighted by atomic mass is 32.2. The number of aryl methyl sites for hydroxylation is 1. The van der Waals surface area contributed by atoms with Gasteiger partial charge in [-0.2, -0.15) is 11.8 Å². The van der Waals surface area contributed by atoms with Crippen LogP contribution in [0.2, 0.25) is 0 Å². The van der Waals surface area contributed by atoms with Gasteiger partial charge < -0.3 is 5.32 Å². The van der Waals surface area contributed by atoms with Gasteiger partial charge in [0.15, 0.2) is 0 Å². The Kier molecular flexibility index (Phi) is 5.69. The molecule has 0 unspecified atom stereocenters. The van der Waals surface area contributed by atoms with Crippen LogP contribution in [0.5, 0.6) is 0 Å². The molecule has 2 aromatic rings. The Morgan fingerprint density at radius 1 is 1.10 bits per heavy atom. The molecule has 0 fully saturated rings. The lowest BCUT2D eigenvalue weighted by Gasteiger charge is -2.06. The zero-order valence-corrected chi connectivity index (χ0v) is 12.5. The van der Waals surface area contributed by atoms with E-state index in [9.17, 15) is 4.79 Å². The molecule has 0 aliphatic carbocycles. The van der Waals surface area contributed by atoms with Crippen molar-refractivity contribution in [3.05, 3.63) is 71.3 Å². The number of thioether (sulfide) groups is 1. The van der Waals surface area contributed by atoms with Crippen molar-refractivity contribution in [2.24, 2.45) is 0 Å². The van der Waals surface area contributed by atoms with E-state index in [1.54, 1.807) is 0 Å². The molecular formula is C17H19NOS. The molecule has 0 bridgehead atoms. The molecule has 0 atom stereocenters. The summed E-state index contributed by atoms with van der Waals surface area (Å²) in [7, 11) is 0. The minimum absolute atomic E-state index is 0.00834. The predicted molar refractivity (Wildman–Crippen MR) is 86.1 cm³/mol. The highest BCUT2D eigenvalue weighted by Crippen LogP contribution is 2.10. The van der Waals surface area contributed by atoms with Crippen molar-refractivity contribution in [3.8, 4) is 0 Å². The third-order valence-corrected chi connectivity index (χ3v) is 3.95. The van der Waals surface area contributed by atoms with Gasteiger partial charge in [0, 0.05) is 23.6 Å². The van der Waals surface area contributed by atoms with Gasteiger partial charge in [0.2, 0.25) is 0 Å². The zero-order chi connectivity index (χ0) is 14.2. The van der Waals surface area contributed by atoms with E-state index in [0.29, 0.717) is 6.54 Å². The summed E-state index contributed by atoms with van der Waals surface area (Å²) in [6, 6.07) is 18.0. The van der Waals surface area contributed by atoms with Gasteiger partial charge in [-0.05, 0) is 24.6 Å². The number of carbonyl (C=O) groups excluding carboxylic acids is 1. The molecule has 0 spiro atoms. The number of benzene rings is 2. The molecule has 20 heavy (non-hydrogen) atoms. The lowest BCUT2D eigenvalue weighted by atomic mass is 10.1. The number of rotatable bonds is 6. The number of carbonyl (C=O) groups is 1. The summed E-state index contributed by atoms with van der Waals surface area (Å²) >= 11 is 1.83. The average Bonchev–Trinajstić information content (AvgIpc) is 2.48. The normalized spacial score (nSPS) is 10.2. The Hall–Kier alpha value is -1.74. The van der Waals surface area contributed by atoms with Gasteiger partial charge in [0.05, 0.1) is 0 Å². The Balaban J connectivity index is 1.67. The fraction of sp³-hybridized carbons (Fsp3) is 0.235. The maximum absolute atomic E-state index is 11.9. The van der Waals surface area contributed by atoms with Gasteiger partial charge in [-0.25, -0.2) is 0 Å². The van der Waals surface area contributed by atoms with Crippen molar-refractivity contribution in [1.29, 1.82) is 0 Å². The van der Waals surface area contributed by atoms with Crippen molar-refractivity contribution < 1.29 is 4.79 Å². The van der Waals surface area contributed by atoms with E-state index in [1.165, 1.54) is 5.56 Å². The van der Waals surface area contributed by atoms with Crippen LogP contribution in [0.3, 0.4) is 0 Å². The second kappa shape index (κ2) is 7.75. The van der Waals surface area contributed by atoms with Crippen molar-refractivity contribution in [3.63, 3.8) is 0 Å². The van der Waals surface area contributed by atoms with Crippen LogP contribution in [0, 0.1) is 6.92 Å². The molecule has 2 nitrogen and oxygen atoms in total. The molecule has 3 heteroatoms. The first kappa shape index (κ1) is 14.7. The molecule has 0 saturated carbocycles. The van der Waals surface area contributed by atoms with Gasteiger partial charge in [-0.15, -0.1) is 0 Å². The molecule has 0 aliphatic heterocycles. The van der Waals surface area contributed by atoms with Crippen LogP contribution in [0.4, 0.5) is 0 Å². The Morgan fingerprint density at radius 3 is 2.65 bits per heavy atom. The summed E-state index contributed by atoms with van der Waals surface area (Å²) in [5, 5.41) is 2.95. The van der Waals surface area contributed by atoms with Crippen molar-refractivity contribution >= 4 is 17.7 Å². The molecule has 1 amide bonds. The standard InChI is InChI=1S/C17H19NOS/c1-14-6-5-9-16(12-14)17(19)18-10-11-20-13-15-7-3-2-4-8-15/h2-9,12H,10-11,13H2,1H3,(H,18,19). The molecule has 0 aliphatic rings. The van der Waals surface area contributed by atoms with Crippen molar-refractivity contribution in [2.45, 2.75) is 12.7 Å². The van der Waals surface area contributed by atoms with Crippen molar-refractivity contribution in [1.82, 2.24) is 5.32 Å². The molecule has 0 radical (unpaired) electrons. The van der Waals surface area contributed by atoms with Gasteiger partial charge in [0.25, 0.3) is 5.91 Å². The zero-order valence-electron chi connectivity index (χ0n) is 11.6. The second-order valence-corrected chi connectivity index (χ2v) is 5.77. The first-order valence-electron chi connectivity index (χ1n) is 6.72. The van der Waals surface area contributed by atoms with Crippen LogP contribution >= 0.6 is 11.8 Å². The van der Waals surface area contributed by atoms with Gasteiger partial charge in [-0.3, -0.25) is 4.79 Å². The van der Waals surface area contributed by atoms with Crippen LogP contribution in [-0.4, -0.2) is 18.2 Å². The van der Waals surface area contributed by atoms with Gasteiger partial charge in [-0.1, -0.05) is 48.0 Å². The second-order valence-electron chi connectivity index (χ2n) is 4.66. The molecule has 0 heterocycles. The van der Waals surface area contributed by atoms with Crippen LogP contribution in [0.1, 0.15) is 21.5 Å². The Labute approximate surface area is 124 Å². The van der Waals surface area contributed by atoms with Crippen molar-refractivity contribution in [2.75, 3.05) is 12.3 Å². The lowest BCUT2D eigenvalue weighted by Crippen LogP contribution is -2.25. The number of amides is 1. The van der Waals surface area contributed by atoms with Crippen LogP contribution < -0.4 is 5.32 Å². The number of hydrogen-bond donors (Lipinski definition) is 1. The minimum atomic E-state index is 0.00834. The number of hydrogen-bond acceptors (Lipinski definition) is 2. The monoisotopic (exact) mass is 285 g/mol. The quantitative estimate of drug-likeness (QED) is 0.821. The maximum Gasteiger partial charge on any atom is 0.251 e. The Bertz CT molecular complexity index is 554. The van der Waals surface area contributed by atoms with E-state index in [4.69, 9.17) is 0 Å². The smallest absolute Gasteiger partial charge is 0.251 e. The van der Waals surface area contributed by atoms with E-state index in [1.807, 2.05) is 49.0 Å². The minimum Gasteiger partial charge on any atom is -0.351 e. The largest absolute Gasteiger partial charge is 0.351 e. The highest BCUT2D eigenvalue weighted by molar-refractivity contribution is 7.98. The average molecular weight is 285 g/mol. The first-order chi connectivity index (χ1) is 9.75. The van der Waals surface area contributed by atoms with Gasteiger partial charge >= 0.3 is 0 Å². The third kappa shape index (κ3) is 4.74. The highest BCUT2D eigenvalue weighted by Gasteiger charge is 2.04. The predicted octanol–water partition coefficient (Wildman–Crippen LogP) is 3.66. The van der Waals surface area contributed by atoms with E-state index >= 15 is 0 Å². The Morgan fingerprint density at radius 2 is 1.90 bits per heavy atom. The molecular weight excluding hydrogens is 266 g/mol. The van der Waals surface area contributed by atoms with E-state index in [-0.39, 0.29) is 5.91 Å². The summed E-state index contributed by atoms with van der Waals surface area (Å²) in [6.45, 7) is 2.69. The topological polar surface area (TPSA) is 29.1 Å². The molecule has 0 aromatic heterocycles. The SMILES string of the molecule is Cc1cccc(C(=O)NCCSCc2ccccc2)c1. The first-order valence-corrected chi connectivity index (χ1v) is 7.88. The summed E-state index contributed by atoms with van der Waals surface area (Å²) in [6.07, 6.45) is 0. The summed E-state index contributed by atoms with van der Waals surface area (Å²) in [5.41, 5.74) is 3.16. The van der Waals surface area contributed by atoms with Crippen LogP contribution in [-0.2, 0) is 5.75 Å².